The molecule has 7 heteroatoms. The van der Waals surface area contributed by atoms with Crippen molar-refractivity contribution in [2.24, 2.45) is 5.92 Å². The van der Waals surface area contributed by atoms with Crippen LogP contribution in [-0.2, 0) is 16.4 Å². The third-order valence-corrected chi connectivity index (χ3v) is 6.54. The molecule has 2 aromatic carbocycles. The van der Waals surface area contributed by atoms with Crippen molar-refractivity contribution in [1.29, 1.82) is 0 Å². The first kappa shape index (κ1) is 19.2. The SMILES string of the molecule is CN(Cc1ccccc1)c1ccc(NC(=O)NC[C@@H]2CCS(=O)(=O)C2)cc1. The molecule has 2 amide bonds. The Morgan fingerprint density at radius 1 is 1.11 bits per heavy atom. The van der Waals surface area contributed by atoms with Gasteiger partial charge in [0.25, 0.3) is 0 Å². The van der Waals surface area contributed by atoms with Gasteiger partial charge in [0, 0.05) is 31.5 Å². The van der Waals surface area contributed by atoms with E-state index in [1.165, 1.54) is 5.56 Å². The first-order valence-corrected chi connectivity index (χ1v) is 10.8. The molecule has 0 spiro atoms. The maximum atomic E-state index is 12.0. The van der Waals surface area contributed by atoms with Crippen LogP contribution in [0.15, 0.2) is 54.6 Å². The molecule has 0 bridgehead atoms. The van der Waals surface area contributed by atoms with Crippen LogP contribution in [0.4, 0.5) is 16.2 Å². The first-order chi connectivity index (χ1) is 12.9. The molecular weight excluding hydrogens is 362 g/mol. The van der Waals surface area contributed by atoms with E-state index in [2.05, 4.69) is 27.7 Å². The van der Waals surface area contributed by atoms with Crippen LogP contribution in [0.25, 0.3) is 0 Å². The van der Waals surface area contributed by atoms with Gasteiger partial charge in [-0.1, -0.05) is 30.3 Å². The Morgan fingerprint density at radius 2 is 1.81 bits per heavy atom. The van der Waals surface area contributed by atoms with Gasteiger partial charge in [-0.25, -0.2) is 13.2 Å². The van der Waals surface area contributed by atoms with Crippen LogP contribution in [-0.4, -0.2) is 39.5 Å². The zero-order valence-electron chi connectivity index (χ0n) is 15.4. The summed E-state index contributed by atoms with van der Waals surface area (Å²) in [6, 6.07) is 17.5. The minimum Gasteiger partial charge on any atom is -0.370 e. The molecule has 1 atom stereocenters. The van der Waals surface area contributed by atoms with E-state index in [9.17, 15) is 13.2 Å². The summed E-state index contributed by atoms with van der Waals surface area (Å²) >= 11 is 0. The third-order valence-electron chi connectivity index (χ3n) is 4.71. The van der Waals surface area contributed by atoms with Crippen LogP contribution < -0.4 is 15.5 Å². The fourth-order valence-electron chi connectivity index (χ4n) is 3.19. The number of anilines is 2. The Balaban J connectivity index is 1.47. The number of rotatable bonds is 6. The van der Waals surface area contributed by atoms with E-state index >= 15 is 0 Å². The number of hydrogen-bond acceptors (Lipinski definition) is 4. The summed E-state index contributed by atoms with van der Waals surface area (Å²) in [7, 11) is -0.889. The van der Waals surface area contributed by atoms with Gasteiger partial charge in [0.1, 0.15) is 0 Å². The standard InChI is InChI=1S/C20H25N3O3S/c1-23(14-16-5-3-2-4-6-16)19-9-7-18(8-10-19)22-20(24)21-13-17-11-12-27(25,26)15-17/h2-10,17H,11-15H2,1H3,(H2,21,22,24)/t17-/m0/s1. The van der Waals surface area contributed by atoms with E-state index in [1.807, 2.05) is 49.5 Å². The first-order valence-electron chi connectivity index (χ1n) is 9.02. The average molecular weight is 388 g/mol. The number of urea groups is 1. The van der Waals surface area contributed by atoms with Crippen molar-refractivity contribution in [2.75, 3.05) is 35.3 Å². The lowest BCUT2D eigenvalue weighted by atomic mass is 10.1. The van der Waals surface area contributed by atoms with E-state index in [0.717, 1.165) is 12.2 Å². The molecule has 1 aliphatic heterocycles. The molecule has 0 aliphatic carbocycles. The second-order valence-electron chi connectivity index (χ2n) is 6.99. The van der Waals surface area contributed by atoms with Gasteiger partial charge in [0.15, 0.2) is 9.84 Å². The van der Waals surface area contributed by atoms with Gasteiger partial charge in [0.05, 0.1) is 11.5 Å². The number of amides is 2. The molecule has 1 aliphatic rings. The zero-order chi connectivity index (χ0) is 19.3. The molecule has 1 saturated heterocycles. The smallest absolute Gasteiger partial charge is 0.319 e. The summed E-state index contributed by atoms with van der Waals surface area (Å²) in [5.74, 6) is 0.393. The second kappa shape index (κ2) is 8.43. The van der Waals surface area contributed by atoms with E-state index < -0.39 is 9.84 Å². The highest BCUT2D eigenvalue weighted by molar-refractivity contribution is 7.91. The molecule has 0 saturated carbocycles. The van der Waals surface area contributed by atoms with Crippen molar-refractivity contribution in [2.45, 2.75) is 13.0 Å². The van der Waals surface area contributed by atoms with Gasteiger partial charge < -0.3 is 15.5 Å². The fraction of sp³-hybridized carbons (Fsp3) is 0.350. The molecule has 0 radical (unpaired) electrons. The number of sulfone groups is 1. The Bertz CT molecular complexity index is 867. The summed E-state index contributed by atoms with van der Waals surface area (Å²) < 4.78 is 22.9. The lowest BCUT2D eigenvalue weighted by Gasteiger charge is -2.20. The summed E-state index contributed by atoms with van der Waals surface area (Å²) in [5, 5.41) is 5.54. The van der Waals surface area contributed by atoms with Crippen LogP contribution in [0.1, 0.15) is 12.0 Å². The quantitative estimate of drug-likeness (QED) is 0.799. The molecule has 6 nitrogen and oxygen atoms in total. The van der Waals surface area contributed by atoms with Crippen molar-refractivity contribution >= 4 is 27.2 Å². The fourth-order valence-corrected chi connectivity index (χ4v) is 5.06. The Labute approximate surface area is 160 Å². The van der Waals surface area contributed by atoms with Crippen molar-refractivity contribution in [3.05, 3.63) is 60.2 Å². The highest BCUT2D eigenvalue weighted by Crippen LogP contribution is 2.19. The summed E-state index contributed by atoms with van der Waals surface area (Å²) in [5.41, 5.74) is 2.99. The van der Waals surface area contributed by atoms with Crippen LogP contribution >= 0.6 is 0 Å². The van der Waals surface area contributed by atoms with Crippen LogP contribution in [0.2, 0.25) is 0 Å². The number of hydrogen-bond donors (Lipinski definition) is 2. The molecule has 0 unspecified atom stereocenters. The van der Waals surface area contributed by atoms with Crippen molar-refractivity contribution in [3.8, 4) is 0 Å². The van der Waals surface area contributed by atoms with Gasteiger partial charge >= 0.3 is 6.03 Å². The normalized spacial score (nSPS) is 18.0. The minimum atomic E-state index is -2.91. The van der Waals surface area contributed by atoms with E-state index in [4.69, 9.17) is 0 Å². The van der Waals surface area contributed by atoms with Gasteiger partial charge in [0.2, 0.25) is 0 Å². The van der Waals surface area contributed by atoms with Gasteiger partial charge in [-0.2, -0.15) is 0 Å². The molecule has 0 aromatic heterocycles. The number of nitrogens with one attached hydrogen (secondary N) is 2. The van der Waals surface area contributed by atoms with E-state index in [-0.39, 0.29) is 23.5 Å². The highest BCUT2D eigenvalue weighted by Gasteiger charge is 2.27. The molecule has 144 valence electrons. The lowest BCUT2D eigenvalue weighted by Crippen LogP contribution is -2.33. The largest absolute Gasteiger partial charge is 0.370 e. The molecule has 2 N–H and O–H groups in total. The Morgan fingerprint density at radius 3 is 2.44 bits per heavy atom. The molecule has 2 aromatic rings. The Kier molecular flexibility index (Phi) is 6.01. The highest BCUT2D eigenvalue weighted by atomic mass is 32.2. The number of carbonyl (C=O) groups excluding carboxylic acids is 1. The predicted molar refractivity (Wildman–Crippen MR) is 109 cm³/mol. The number of carbonyl (C=O) groups is 1. The van der Waals surface area contributed by atoms with Crippen molar-refractivity contribution in [1.82, 2.24) is 5.32 Å². The lowest BCUT2D eigenvalue weighted by molar-refractivity contribution is 0.250. The number of nitrogens with zero attached hydrogens (tertiary/aromatic N) is 1. The van der Waals surface area contributed by atoms with Gasteiger partial charge in [-0.3, -0.25) is 0 Å². The monoisotopic (exact) mass is 387 g/mol. The summed E-state index contributed by atoms with van der Waals surface area (Å²) in [6.45, 7) is 1.18. The van der Waals surface area contributed by atoms with Gasteiger partial charge in [-0.05, 0) is 42.2 Å². The topological polar surface area (TPSA) is 78.5 Å². The minimum absolute atomic E-state index is 0.00904. The number of benzene rings is 2. The predicted octanol–water partition coefficient (Wildman–Crippen LogP) is 2.88. The zero-order valence-corrected chi connectivity index (χ0v) is 16.2. The molecule has 1 fully saturated rings. The maximum absolute atomic E-state index is 12.0. The Hall–Kier alpha value is -2.54. The van der Waals surface area contributed by atoms with Gasteiger partial charge in [-0.15, -0.1) is 0 Å². The van der Waals surface area contributed by atoms with Crippen molar-refractivity contribution in [3.63, 3.8) is 0 Å². The average Bonchev–Trinajstić information content (AvgIpc) is 3.00. The maximum Gasteiger partial charge on any atom is 0.319 e. The molecular formula is C20H25N3O3S. The second-order valence-corrected chi connectivity index (χ2v) is 9.22. The summed E-state index contributed by atoms with van der Waals surface area (Å²) in [6.07, 6.45) is 0.616. The van der Waals surface area contributed by atoms with E-state index in [1.54, 1.807) is 0 Å². The molecule has 3 rings (SSSR count). The van der Waals surface area contributed by atoms with Crippen LogP contribution in [0.3, 0.4) is 0 Å². The van der Waals surface area contributed by atoms with Crippen molar-refractivity contribution < 1.29 is 13.2 Å². The molecule has 1 heterocycles. The third kappa shape index (κ3) is 5.72. The van der Waals surface area contributed by atoms with E-state index in [0.29, 0.717) is 18.7 Å². The molecule has 27 heavy (non-hydrogen) atoms. The summed E-state index contributed by atoms with van der Waals surface area (Å²) in [4.78, 5) is 14.1. The van der Waals surface area contributed by atoms with Crippen LogP contribution in [0, 0.1) is 5.92 Å². The van der Waals surface area contributed by atoms with Crippen LogP contribution in [0.5, 0.6) is 0 Å².